The van der Waals surface area contributed by atoms with Crippen molar-refractivity contribution in [3.8, 4) is 0 Å². The van der Waals surface area contributed by atoms with Gasteiger partial charge in [0.15, 0.2) is 11.9 Å². The molecule has 184 valence electrons. The molecule has 0 spiro atoms. The highest BCUT2D eigenvalue weighted by atomic mass is 19.1. The van der Waals surface area contributed by atoms with E-state index in [2.05, 4.69) is 20.8 Å². The van der Waals surface area contributed by atoms with Gasteiger partial charge < -0.3 is 15.7 Å². The Morgan fingerprint density at radius 2 is 1.39 bits per heavy atom. The number of benzene rings is 3. The number of aromatic nitrogens is 2. The number of aliphatic hydroxyl groups is 1. The second-order valence-corrected chi connectivity index (χ2v) is 8.29. The van der Waals surface area contributed by atoms with Crippen molar-refractivity contribution in [3.05, 3.63) is 119 Å². The summed E-state index contributed by atoms with van der Waals surface area (Å²) in [7, 11) is 0. The summed E-state index contributed by atoms with van der Waals surface area (Å²) in [5.41, 5.74) is 2.56. The molecule has 2 amide bonds. The van der Waals surface area contributed by atoms with Gasteiger partial charge in [-0.15, -0.1) is 0 Å². The highest BCUT2D eigenvalue weighted by Gasteiger charge is 2.24. The average Bonchev–Trinajstić information content (AvgIpc) is 3.32. The number of aromatic amines is 1. The van der Waals surface area contributed by atoms with Crippen LogP contribution in [0, 0.1) is 11.6 Å². The summed E-state index contributed by atoms with van der Waals surface area (Å²) in [6.45, 7) is 1.41. The smallest absolute Gasteiger partial charge is 0.254 e. The lowest BCUT2D eigenvalue weighted by Crippen LogP contribution is -2.43. The van der Waals surface area contributed by atoms with Gasteiger partial charge in [0.2, 0.25) is 5.91 Å². The number of anilines is 1. The van der Waals surface area contributed by atoms with Crippen LogP contribution in [0.4, 0.5) is 14.6 Å². The molecule has 0 bridgehead atoms. The summed E-state index contributed by atoms with van der Waals surface area (Å²) in [4.78, 5) is 25.0. The Hall–Kier alpha value is -4.37. The Morgan fingerprint density at radius 1 is 0.833 bits per heavy atom. The molecule has 1 aromatic heterocycles. The Morgan fingerprint density at radius 3 is 1.94 bits per heavy atom. The summed E-state index contributed by atoms with van der Waals surface area (Å²) < 4.78 is 26.8. The van der Waals surface area contributed by atoms with Crippen LogP contribution in [0.25, 0.3) is 0 Å². The molecule has 36 heavy (non-hydrogen) atoms. The number of H-pyrrole nitrogens is 1. The normalized spacial score (nSPS) is 12.7. The summed E-state index contributed by atoms with van der Waals surface area (Å²) in [5.74, 6) is -3.32. The molecule has 0 fully saturated rings. The molecule has 2 atom stereocenters. The van der Waals surface area contributed by atoms with Crippen molar-refractivity contribution in [1.82, 2.24) is 15.5 Å². The van der Waals surface area contributed by atoms with E-state index in [-0.39, 0.29) is 17.3 Å². The van der Waals surface area contributed by atoms with Gasteiger partial charge in [-0.1, -0.05) is 60.7 Å². The predicted octanol–water partition coefficient (Wildman–Crippen LogP) is 4.04. The van der Waals surface area contributed by atoms with Crippen molar-refractivity contribution < 1.29 is 23.5 Å². The fraction of sp³-hybridized carbons (Fsp3) is 0.148. The Balaban J connectivity index is 1.44. The third kappa shape index (κ3) is 5.81. The second-order valence-electron chi connectivity index (χ2n) is 8.29. The molecule has 0 aliphatic rings. The lowest BCUT2D eigenvalue weighted by atomic mass is 9.88. The van der Waals surface area contributed by atoms with E-state index in [4.69, 9.17) is 0 Å². The first-order valence-corrected chi connectivity index (χ1v) is 11.2. The minimum atomic E-state index is -1.85. The maximum Gasteiger partial charge on any atom is 0.254 e. The molecule has 3 aromatic carbocycles. The van der Waals surface area contributed by atoms with E-state index in [0.717, 1.165) is 29.0 Å². The Bertz CT molecular complexity index is 1290. The molecule has 0 radical (unpaired) electrons. The summed E-state index contributed by atoms with van der Waals surface area (Å²) >= 11 is 0. The highest BCUT2D eigenvalue weighted by Crippen LogP contribution is 2.31. The number of carbonyl (C=O) groups excluding carboxylic acids is 2. The molecule has 4 aromatic rings. The maximum atomic E-state index is 13.4. The van der Waals surface area contributed by atoms with Crippen LogP contribution in [0.3, 0.4) is 0 Å². The van der Waals surface area contributed by atoms with E-state index in [1.165, 1.54) is 6.92 Å². The highest BCUT2D eigenvalue weighted by molar-refractivity contribution is 5.97. The first kappa shape index (κ1) is 24.7. The molecule has 4 N–H and O–H groups in total. The predicted molar refractivity (Wildman–Crippen MR) is 130 cm³/mol. The maximum absolute atomic E-state index is 13.4. The molecule has 7 nitrogen and oxygen atoms in total. The van der Waals surface area contributed by atoms with Gasteiger partial charge in [0, 0.05) is 17.8 Å². The zero-order valence-corrected chi connectivity index (χ0v) is 19.3. The number of halogens is 2. The van der Waals surface area contributed by atoms with Crippen LogP contribution in [-0.4, -0.2) is 33.2 Å². The summed E-state index contributed by atoms with van der Waals surface area (Å²) in [6.07, 6.45) is -1.85. The molecular weight excluding hydrogens is 466 g/mol. The van der Waals surface area contributed by atoms with Gasteiger partial charge in [-0.05, 0) is 35.7 Å². The van der Waals surface area contributed by atoms with E-state index in [1.807, 2.05) is 60.7 Å². The van der Waals surface area contributed by atoms with Crippen molar-refractivity contribution in [2.45, 2.75) is 25.0 Å². The largest absolute Gasteiger partial charge is 0.378 e. The number of amides is 2. The fourth-order valence-corrected chi connectivity index (χ4v) is 3.87. The van der Waals surface area contributed by atoms with Crippen LogP contribution in [0.1, 0.15) is 41.3 Å². The van der Waals surface area contributed by atoms with Crippen molar-refractivity contribution in [2.24, 2.45) is 0 Å². The van der Waals surface area contributed by atoms with Gasteiger partial charge in [0.25, 0.3) is 5.91 Å². The van der Waals surface area contributed by atoms with E-state index in [0.29, 0.717) is 6.07 Å². The molecular formula is C27H24F2N4O3. The van der Waals surface area contributed by atoms with E-state index < -0.39 is 35.6 Å². The van der Waals surface area contributed by atoms with Crippen LogP contribution in [0.15, 0.2) is 84.9 Å². The first-order chi connectivity index (χ1) is 17.3. The van der Waals surface area contributed by atoms with Gasteiger partial charge in [-0.2, -0.15) is 5.10 Å². The number of aliphatic hydroxyl groups excluding tert-OH is 1. The van der Waals surface area contributed by atoms with Gasteiger partial charge in [0.05, 0.1) is 5.92 Å². The van der Waals surface area contributed by atoms with E-state index in [1.54, 1.807) is 6.07 Å². The standard InChI is InChI=1S/C27H24F2N4O3/c1-16(30-27(36)25(34)19-12-20(28)14-21(29)13-19)26(35)31-23-15-22(32-33-23)24(17-8-4-2-5-9-17)18-10-6-3-7-11-18/h2-16,24-25,34H,1H3,(H,30,36)(H2,31,32,33,35)/t16-,25-/m0/s1. The van der Waals surface area contributed by atoms with Gasteiger partial charge in [-0.25, -0.2) is 8.78 Å². The molecule has 9 heteroatoms. The quantitative estimate of drug-likeness (QED) is 0.299. The van der Waals surface area contributed by atoms with Crippen molar-refractivity contribution in [1.29, 1.82) is 0 Å². The zero-order chi connectivity index (χ0) is 25.7. The third-order valence-corrected chi connectivity index (χ3v) is 5.63. The van der Waals surface area contributed by atoms with E-state index in [9.17, 15) is 23.5 Å². The van der Waals surface area contributed by atoms with Crippen LogP contribution in [-0.2, 0) is 9.59 Å². The molecule has 0 saturated heterocycles. The molecule has 0 saturated carbocycles. The summed E-state index contributed by atoms with van der Waals surface area (Å²) in [6, 6.07) is 22.6. The number of nitrogens with zero attached hydrogens (tertiary/aromatic N) is 1. The van der Waals surface area contributed by atoms with Crippen molar-refractivity contribution in [3.63, 3.8) is 0 Å². The molecule has 0 aliphatic heterocycles. The molecule has 4 rings (SSSR count). The number of nitrogens with one attached hydrogen (secondary N) is 3. The minimum Gasteiger partial charge on any atom is -0.378 e. The number of hydrogen-bond acceptors (Lipinski definition) is 4. The molecule has 0 unspecified atom stereocenters. The molecule has 0 aliphatic carbocycles. The Kier molecular flexibility index (Phi) is 7.50. The zero-order valence-electron chi connectivity index (χ0n) is 19.3. The van der Waals surface area contributed by atoms with Gasteiger partial charge in [0.1, 0.15) is 17.7 Å². The Labute approximate surface area is 206 Å². The van der Waals surface area contributed by atoms with E-state index >= 15 is 0 Å². The number of rotatable bonds is 8. The lowest BCUT2D eigenvalue weighted by molar-refractivity contribution is -0.132. The first-order valence-electron chi connectivity index (χ1n) is 11.2. The minimum absolute atomic E-state index is 0.149. The van der Waals surface area contributed by atoms with Crippen molar-refractivity contribution >= 4 is 17.6 Å². The third-order valence-electron chi connectivity index (χ3n) is 5.63. The number of carbonyl (C=O) groups is 2. The van der Waals surface area contributed by atoms with Gasteiger partial charge in [-0.3, -0.25) is 14.7 Å². The lowest BCUT2D eigenvalue weighted by Gasteiger charge is -2.17. The summed E-state index contributed by atoms with van der Waals surface area (Å²) in [5, 5.41) is 22.3. The van der Waals surface area contributed by atoms with Crippen LogP contribution < -0.4 is 10.6 Å². The fourth-order valence-electron chi connectivity index (χ4n) is 3.87. The van der Waals surface area contributed by atoms with Crippen LogP contribution in [0.2, 0.25) is 0 Å². The monoisotopic (exact) mass is 490 g/mol. The molecule has 1 heterocycles. The number of hydrogen-bond donors (Lipinski definition) is 4. The van der Waals surface area contributed by atoms with Gasteiger partial charge >= 0.3 is 0 Å². The second kappa shape index (κ2) is 10.9. The topological polar surface area (TPSA) is 107 Å². The van der Waals surface area contributed by atoms with Crippen molar-refractivity contribution in [2.75, 3.05) is 5.32 Å². The van der Waals surface area contributed by atoms with Crippen LogP contribution in [0.5, 0.6) is 0 Å². The SMILES string of the molecule is C[C@H](NC(=O)[C@@H](O)c1cc(F)cc(F)c1)C(=O)Nc1cc(C(c2ccccc2)c2ccccc2)[nH]n1. The average molecular weight is 491 g/mol. The van der Waals surface area contributed by atoms with Crippen LogP contribution >= 0.6 is 0 Å².